The number of aliphatic hydroxyl groups excluding tert-OH is 1. The normalized spacial score (nSPS) is 17.2. The molecule has 2 aromatic heterocycles. The van der Waals surface area contributed by atoms with Gasteiger partial charge in [-0.2, -0.15) is 0 Å². The predicted molar refractivity (Wildman–Crippen MR) is 133 cm³/mol. The van der Waals surface area contributed by atoms with Crippen molar-refractivity contribution in [1.82, 2.24) is 4.90 Å². The second-order valence-electron chi connectivity index (χ2n) is 8.32. The minimum atomic E-state index is -0.716. The van der Waals surface area contributed by atoms with E-state index in [9.17, 15) is 14.7 Å². The molecule has 1 aliphatic heterocycles. The number of rotatable bonds is 7. The maximum absolute atomic E-state index is 13.1. The van der Waals surface area contributed by atoms with Crippen LogP contribution in [0.15, 0.2) is 94.4 Å². The van der Waals surface area contributed by atoms with Crippen molar-refractivity contribution in [1.29, 1.82) is 0 Å². The molecule has 176 valence electrons. The monoisotopic (exact) mass is 485 g/mol. The van der Waals surface area contributed by atoms with Crippen LogP contribution < -0.4 is 4.74 Å². The van der Waals surface area contributed by atoms with Crippen LogP contribution in [0, 0.1) is 6.92 Å². The minimum absolute atomic E-state index is 0.0671. The summed E-state index contributed by atoms with van der Waals surface area (Å²) in [6, 6.07) is 21.4. The molecule has 1 fully saturated rings. The number of likely N-dealkylation sites (tertiary alicyclic amines) is 1. The molecular weight excluding hydrogens is 462 g/mol. The minimum Gasteiger partial charge on any atom is -0.507 e. The van der Waals surface area contributed by atoms with Crippen molar-refractivity contribution in [3.8, 4) is 5.75 Å². The Morgan fingerprint density at radius 3 is 2.57 bits per heavy atom. The predicted octanol–water partition coefficient (Wildman–Crippen LogP) is 5.85. The molecule has 1 atom stereocenters. The van der Waals surface area contributed by atoms with E-state index in [4.69, 9.17) is 9.15 Å². The molecule has 1 amide bonds. The summed E-state index contributed by atoms with van der Waals surface area (Å²) >= 11 is 1.42. The maximum atomic E-state index is 13.1. The van der Waals surface area contributed by atoms with Gasteiger partial charge in [-0.25, -0.2) is 0 Å². The maximum Gasteiger partial charge on any atom is 0.296 e. The van der Waals surface area contributed by atoms with E-state index >= 15 is 0 Å². The van der Waals surface area contributed by atoms with E-state index in [0.29, 0.717) is 23.7 Å². The fraction of sp³-hybridized carbons (Fsp3) is 0.143. The average Bonchev–Trinajstić information content (AvgIpc) is 3.62. The number of Topliss-reactive ketones (excluding diaryl/α,β-unsaturated/α-hetero) is 1. The quantitative estimate of drug-likeness (QED) is 0.202. The van der Waals surface area contributed by atoms with Crippen LogP contribution in [0.5, 0.6) is 5.75 Å². The molecule has 6 nitrogen and oxygen atoms in total. The number of benzene rings is 2. The van der Waals surface area contributed by atoms with Crippen molar-refractivity contribution in [2.45, 2.75) is 26.1 Å². The number of amides is 1. The number of carbonyl (C=O) groups is 2. The van der Waals surface area contributed by atoms with Crippen LogP contribution in [-0.2, 0) is 22.7 Å². The first-order valence-electron chi connectivity index (χ1n) is 11.1. The number of furan rings is 1. The molecule has 1 saturated heterocycles. The summed E-state index contributed by atoms with van der Waals surface area (Å²) in [5.74, 6) is -0.402. The number of thiophene rings is 1. The summed E-state index contributed by atoms with van der Waals surface area (Å²) in [4.78, 5) is 28.2. The SMILES string of the molecule is Cc1cccc(COc2ccc(/C(O)=C3\C(=O)C(=O)N(Cc4ccco4)[C@H]3c3cccs3)cc2)c1. The van der Waals surface area contributed by atoms with Crippen molar-refractivity contribution >= 4 is 28.8 Å². The summed E-state index contributed by atoms with van der Waals surface area (Å²) in [6.45, 7) is 2.58. The highest BCUT2D eigenvalue weighted by atomic mass is 32.1. The number of aliphatic hydroxyl groups is 1. The second-order valence-corrected chi connectivity index (χ2v) is 9.30. The lowest BCUT2D eigenvalue weighted by Crippen LogP contribution is -2.28. The van der Waals surface area contributed by atoms with Crippen LogP contribution in [0.25, 0.3) is 5.76 Å². The van der Waals surface area contributed by atoms with Gasteiger partial charge in [0.05, 0.1) is 18.4 Å². The third-order valence-electron chi connectivity index (χ3n) is 5.87. The Balaban J connectivity index is 1.43. The lowest BCUT2D eigenvalue weighted by molar-refractivity contribution is -0.140. The van der Waals surface area contributed by atoms with E-state index in [1.165, 1.54) is 22.5 Å². The van der Waals surface area contributed by atoms with Crippen LogP contribution in [-0.4, -0.2) is 21.7 Å². The van der Waals surface area contributed by atoms with Gasteiger partial charge in [-0.3, -0.25) is 9.59 Å². The number of hydrogen-bond acceptors (Lipinski definition) is 6. The standard InChI is InChI=1S/C28H23NO5S/c1-18-5-2-6-19(15-18)17-34-21-11-9-20(10-12-21)26(30)24-25(23-8-4-14-35-23)29(28(32)27(24)31)16-22-7-3-13-33-22/h2-15,25,30H,16-17H2,1H3/b26-24+/t25-/m0/s1. The third-order valence-corrected chi connectivity index (χ3v) is 6.80. The van der Waals surface area contributed by atoms with Gasteiger partial charge < -0.3 is 19.2 Å². The Labute approximate surface area is 206 Å². The van der Waals surface area contributed by atoms with Gasteiger partial charge in [0.25, 0.3) is 11.7 Å². The molecule has 0 radical (unpaired) electrons. The summed E-state index contributed by atoms with van der Waals surface area (Å²) < 4.78 is 11.3. The Bertz CT molecular complexity index is 1370. The first-order chi connectivity index (χ1) is 17.0. The topological polar surface area (TPSA) is 80.0 Å². The van der Waals surface area contributed by atoms with Crippen LogP contribution in [0.4, 0.5) is 0 Å². The van der Waals surface area contributed by atoms with E-state index in [2.05, 4.69) is 6.07 Å². The van der Waals surface area contributed by atoms with E-state index in [-0.39, 0.29) is 17.9 Å². The summed E-state index contributed by atoms with van der Waals surface area (Å²) in [5.41, 5.74) is 2.72. The lowest BCUT2D eigenvalue weighted by Gasteiger charge is -2.23. The molecular formula is C28H23NO5S. The molecule has 4 aromatic rings. The number of ether oxygens (including phenoxy) is 1. The molecule has 0 unspecified atom stereocenters. The second kappa shape index (κ2) is 9.64. The first-order valence-corrected chi connectivity index (χ1v) is 12.0. The van der Waals surface area contributed by atoms with Crippen molar-refractivity contribution in [2.75, 3.05) is 0 Å². The number of hydrogen-bond donors (Lipinski definition) is 1. The van der Waals surface area contributed by atoms with Crippen molar-refractivity contribution < 1.29 is 23.8 Å². The van der Waals surface area contributed by atoms with Crippen molar-refractivity contribution in [3.05, 3.63) is 117 Å². The van der Waals surface area contributed by atoms with Gasteiger partial charge in [0.15, 0.2) is 0 Å². The fourth-order valence-electron chi connectivity index (χ4n) is 4.19. The molecule has 5 rings (SSSR count). The Morgan fingerprint density at radius 1 is 1.06 bits per heavy atom. The smallest absolute Gasteiger partial charge is 0.296 e. The average molecular weight is 486 g/mol. The molecule has 1 N–H and O–H groups in total. The molecule has 7 heteroatoms. The van der Waals surface area contributed by atoms with Crippen LogP contribution in [0.2, 0.25) is 0 Å². The van der Waals surface area contributed by atoms with Gasteiger partial charge in [0.2, 0.25) is 0 Å². The number of ketones is 1. The Kier molecular flexibility index (Phi) is 6.25. The van der Waals surface area contributed by atoms with Gasteiger partial charge in [0, 0.05) is 10.4 Å². The Hall–Kier alpha value is -4.10. The van der Waals surface area contributed by atoms with Crippen LogP contribution >= 0.6 is 11.3 Å². The zero-order valence-corrected chi connectivity index (χ0v) is 19.8. The lowest BCUT2D eigenvalue weighted by atomic mass is 10.00. The van der Waals surface area contributed by atoms with E-state index in [0.717, 1.165) is 16.0 Å². The zero-order chi connectivity index (χ0) is 24.4. The third kappa shape index (κ3) is 4.63. The molecule has 0 saturated carbocycles. The number of aryl methyl sites for hydroxylation is 1. The van der Waals surface area contributed by atoms with E-state index in [1.807, 2.05) is 42.6 Å². The fourth-order valence-corrected chi connectivity index (χ4v) is 5.03. The number of nitrogens with zero attached hydrogens (tertiary/aromatic N) is 1. The van der Waals surface area contributed by atoms with Gasteiger partial charge >= 0.3 is 0 Å². The van der Waals surface area contributed by atoms with Gasteiger partial charge in [-0.05, 0) is 60.3 Å². The molecule has 2 aromatic carbocycles. The Morgan fingerprint density at radius 2 is 1.89 bits per heavy atom. The van der Waals surface area contributed by atoms with Gasteiger partial charge in [-0.15, -0.1) is 11.3 Å². The van der Waals surface area contributed by atoms with Crippen LogP contribution in [0.3, 0.4) is 0 Å². The highest BCUT2D eigenvalue weighted by Crippen LogP contribution is 2.42. The molecule has 1 aliphatic rings. The summed E-state index contributed by atoms with van der Waals surface area (Å²) in [7, 11) is 0. The first kappa shape index (κ1) is 22.7. The number of carbonyl (C=O) groups excluding carboxylic acids is 2. The molecule has 0 bridgehead atoms. The van der Waals surface area contributed by atoms with E-state index < -0.39 is 17.7 Å². The molecule has 0 aliphatic carbocycles. The highest BCUT2D eigenvalue weighted by Gasteiger charge is 2.46. The zero-order valence-electron chi connectivity index (χ0n) is 19.0. The summed E-state index contributed by atoms with van der Waals surface area (Å²) in [5, 5.41) is 13.0. The van der Waals surface area contributed by atoms with Crippen molar-refractivity contribution in [2.24, 2.45) is 0 Å². The van der Waals surface area contributed by atoms with Gasteiger partial charge in [0.1, 0.15) is 29.9 Å². The van der Waals surface area contributed by atoms with Gasteiger partial charge in [-0.1, -0.05) is 35.9 Å². The van der Waals surface area contributed by atoms with E-state index in [1.54, 1.807) is 36.4 Å². The molecule has 3 heterocycles. The molecule has 0 spiro atoms. The summed E-state index contributed by atoms with van der Waals surface area (Å²) in [6.07, 6.45) is 1.52. The molecule has 35 heavy (non-hydrogen) atoms. The largest absolute Gasteiger partial charge is 0.507 e. The highest BCUT2D eigenvalue weighted by molar-refractivity contribution is 7.10. The van der Waals surface area contributed by atoms with Crippen molar-refractivity contribution in [3.63, 3.8) is 0 Å². The van der Waals surface area contributed by atoms with Crippen LogP contribution in [0.1, 0.15) is 33.4 Å².